The second-order valence-corrected chi connectivity index (χ2v) is 5.57. The number of fused-ring (bicyclic) bond motifs is 1. The van der Waals surface area contributed by atoms with Gasteiger partial charge in [0.15, 0.2) is 0 Å². The van der Waals surface area contributed by atoms with Crippen molar-refractivity contribution < 1.29 is 14.3 Å². The van der Waals surface area contributed by atoms with Gasteiger partial charge in [-0.25, -0.2) is 0 Å². The lowest BCUT2D eigenvalue weighted by atomic mass is 10.0. The van der Waals surface area contributed by atoms with Gasteiger partial charge in [0.05, 0.1) is 6.54 Å². The van der Waals surface area contributed by atoms with Crippen LogP contribution < -0.4 is 0 Å². The predicted octanol–water partition coefficient (Wildman–Crippen LogP) is 3.12. The van der Waals surface area contributed by atoms with Gasteiger partial charge < -0.3 is 9.52 Å². The molecule has 1 saturated heterocycles. The van der Waals surface area contributed by atoms with E-state index in [-0.39, 0.29) is 6.42 Å². The number of hydrogen-bond donors (Lipinski definition) is 1. The highest BCUT2D eigenvalue weighted by molar-refractivity contribution is 5.77. The van der Waals surface area contributed by atoms with Crippen molar-refractivity contribution in [3.05, 3.63) is 36.1 Å². The van der Waals surface area contributed by atoms with Crippen molar-refractivity contribution in [2.75, 3.05) is 13.1 Å². The molecule has 4 nitrogen and oxygen atoms in total. The molecule has 106 valence electrons. The third kappa shape index (κ3) is 3.02. The van der Waals surface area contributed by atoms with Crippen LogP contribution >= 0.6 is 0 Å². The number of likely N-dealkylation sites (tertiary alicyclic amines) is 1. The molecule has 1 unspecified atom stereocenters. The number of carboxylic acids is 1. The minimum atomic E-state index is -0.694. The van der Waals surface area contributed by atoms with Crippen LogP contribution in [0.2, 0.25) is 0 Å². The molecule has 4 heteroatoms. The Morgan fingerprint density at radius 2 is 2.25 bits per heavy atom. The molecule has 0 amide bonds. The molecule has 1 aromatic heterocycles. The van der Waals surface area contributed by atoms with Crippen LogP contribution in [0.3, 0.4) is 0 Å². The minimum absolute atomic E-state index is 0.281. The molecule has 1 N–H and O–H groups in total. The second kappa shape index (κ2) is 5.67. The molecular formula is C16H19NO3. The van der Waals surface area contributed by atoms with E-state index in [0.29, 0.717) is 5.92 Å². The fraction of sp³-hybridized carbons (Fsp3) is 0.438. The van der Waals surface area contributed by atoms with E-state index in [2.05, 4.69) is 17.0 Å². The first kappa shape index (κ1) is 13.2. The summed E-state index contributed by atoms with van der Waals surface area (Å²) in [5.41, 5.74) is 0.934. The number of carboxylic acid groups (broad SMARTS) is 1. The third-order valence-corrected chi connectivity index (χ3v) is 3.99. The molecule has 1 aliphatic heterocycles. The average molecular weight is 273 g/mol. The number of benzene rings is 1. The molecule has 3 rings (SSSR count). The topological polar surface area (TPSA) is 53.7 Å². The monoisotopic (exact) mass is 273 g/mol. The van der Waals surface area contributed by atoms with Crippen molar-refractivity contribution in [3.8, 4) is 0 Å². The standard InChI is InChI=1S/C16H19NO3/c18-16(19)6-5-12-7-8-17(10-12)11-14-9-13-3-1-2-4-15(13)20-14/h1-4,9,12H,5-8,10-11H2,(H,18,19). The fourth-order valence-electron chi connectivity index (χ4n) is 2.95. The molecule has 1 fully saturated rings. The van der Waals surface area contributed by atoms with Crippen LogP contribution in [0, 0.1) is 5.92 Å². The fourth-order valence-corrected chi connectivity index (χ4v) is 2.95. The molecule has 2 aromatic rings. The van der Waals surface area contributed by atoms with Crippen molar-refractivity contribution in [2.45, 2.75) is 25.8 Å². The first-order valence-electron chi connectivity index (χ1n) is 7.12. The van der Waals surface area contributed by atoms with Crippen molar-refractivity contribution >= 4 is 16.9 Å². The van der Waals surface area contributed by atoms with Crippen molar-refractivity contribution in [1.29, 1.82) is 0 Å². The first-order valence-corrected chi connectivity index (χ1v) is 7.12. The van der Waals surface area contributed by atoms with E-state index in [0.717, 1.165) is 49.2 Å². The first-order chi connectivity index (χ1) is 9.70. The van der Waals surface area contributed by atoms with Crippen LogP contribution in [0.5, 0.6) is 0 Å². The van der Waals surface area contributed by atoms with Crippen LogP contribution in [0.15, 0.2) is 34.7 Å². The zero-order valence-electron chi connectivity index (χ0n) is 11.4. The maximum Gasteiger partial charge on any atom is 0.303 e. The number of rotatable bonds is 5. The second-order valence-electron chi connectivity index (χ2n) is 5.57. The van der Waals surface area contributed by atoms with E-state index < -0.39 is 5.97 Å². The lowest BCUT2D eigenvalue weighted by Gasteiger charge is -2.13. The van der Waals surface area contributed by atoms with Gasteiger partial charge in [-0.1, -0.05) is 18.2 Å². The molecule has 0 saturated carbocycles. The summed E-state index contributed by atoms with van der Waals surface area (Å²) in [6.07, 6.45) is 2.16. The van der Waals surface area contributed by atoms with Gasteiger partial charge in [-0.2, -0.15) is 0 Å². The van der Waals surface area contributed by atoms with E-state index in [1.807, 2.05) is 18.2 Å². The van der Waals surface area contributed by atoms with Gasteiger partial charge >= 0.3 is 5.97 Å². The maximum atomic E-state index is 10.6. The Kier molecular flexibility index (Phi) is 3.74. The molecule has 0 radical (unpaired) electrons. The van der Waals surface area contributed by atoms with E-state index in [4.69, 9.17) is 9.52 Å². The lowest BCUT2D eigenvalue weighted by molar-refractivity contribution is -0.137. The highest BCUT2D eigenvalue weighted by Gasteiger charge is 2.23. The summed E-state index contributed by atoms with van der Waals surface area (Å²) in [7, 11) is 0. The predicted molar refractivity (Wildman–Crippen MR) is 76.5 cm³/mol. The van der Waals surface area contributed by atoms with Crippen LogP contribution in [0.4, 0.5) is 0 Å². The molecule has 1 atom stereocenters. The summed E-state index contributed by atoms with van der Waals surface area (Å²) in [6, 6.07) is 10.1. The van der Waals surface area contributed by atoms with Gasteiger partial charge in [-0.3, -0.25) is 9.69 Å². The summed E-state index contributed by atoms with van der Waals surface area (Å²) in [4.78, 5) is 13.0. The van der Waals surface area contributed by atoms with E-state index in [1.165, 1.54) is 0 Å². The molecule has 0 spiro atoms. The number of nitrogens with zero attached hydrogens (tertiary/aromatic N) is 1. The number of hydrogen-bond acceptors (Lipinski definition) is 3. The van der Waals surface area contributed by atoms with Gasteiger partial charge in [-0.05, 0) is 37.4 Å². The highest BCUT2D eigenvalue weighted by Crippen LogP contribution is 2.25. The molecule has 1 aliphatic rings. The molecule has 20 heavy (non-hydrogen) atoms. The van der Waals surface area contributed by atoms with Crippen molar-refractivity contribution in [1.82, 2.24) is 4.90 Å². The van der Waals surface area contributed by atoms with Crippen LogP contribution in [0.1, 0.15) is 25.0 Å². The molecule has 0 bridgehead atoms. The summed E-state index contributed by atoms with van der Waals surface area (Å²) >= 11 is 0. The maximum absolute atomic E-state index is 10.6. The van der Waals surface area contributed by atoms with Gasteiger partial charge in [0.25, 0.3) is 0 Å². The quantitative estimate of drug-likeness (QED) is 0.909. The van der Waals surface area contributed by atoms with Crippen LogP contribution in [-0.2, 0) is 11.3 Å². The summed E-state index contributed by atoms with van der Waals surface area (Å²) in [6.45, 7) is 2.82. The lowest BCUT2D eigenvalue weighted by Crippen LogP contribution is -2.20. The Labute approximate surface area is 118 Å². The van der Waals surface area contributed by atoms with Crippen molar-refractivity contribution in [2.24, 2.45) is 5.92 Å². The smallest absolute Gasteiger partial charge is 0.303 e. The van der Waals surface area contributed by atoms with E-state index in [1.54, 1.807) is 0 Å². The molecule has 0 aliphatic carbocycles. The molecule has 2 heterocycles. The van der Waals surface area contributed by atoms with Gasteiger partial charge in [0.2, 0.25) is 0 Å². The number of aliphatic carboxylic acids is 1. The van der Waals surface area contributed by atoms with E-state index in [9.17, 15) is 4.79 Å². The van der Waals surface area contributed by atoms with Gasteiger partial charge in [0.1, 0.15) is 11.3 Å². The average Bonchev–Trinajstić information content (AvgIpc) is 3.02. The molecular weight excluding hydrogens is 254 g/mol. The largest absolute Gasteiger partial charge is 0.481 e. The summed E-state index contributed by atoms with van der Waals surface area (Å²) in [5, 5.41) is 9.87. The van der Waals surface area contributed by atoms with Crippen molar-refractivity contribution in [3.63, 3.8) is 0 Å². The zero-order chi connectivity index (χ0) is 13.9. The zero-order valence-corrected chi connectivity index (χ0v) is 11.4. The molecule has 1 aromatic carbocycles. The number of para-hydroxylation sites is 1. The Balaban J connectivity index is 1.57. The van der Waals surface area contributed by atoms with E-state index >= 15 is 0 Å². The Morgan fingerprint density at radius 3 is 3.05 bits per heavy atom. The Morgan fingerprint density at radius 1 is 1.40 bits per heavy atom. The Hall–Kier alpha value is -1.81. The van der Waals surface area contributed by atoms with Gasteiger partial charge in [-0.15, -0.1) is 0 Å². The number of carbonyl (C=O) groups is 1. The SMILES string of the molecule is O=C(O)CCC1CCN(Cc2cc3ccccc3o2)C1. The summed E-state index contributed by atoms with van der Waals surface area (Å²) in [5.74, 6) is 0.807. The van der Waals surface area contributed by atoms with Crippen LogP contribution in [-0.4, -0.2) is 29.1 Å². The number of furan rings is 1. The minimum Gasteiger partial charge on any atom is -0.481 e. The van der Waals surface area contributed by atoms with Gasteiger partial charge in [0, 0.05) is 18.4 Å². The summed E-state index contributed by atoms with van der Waals surface area (Å²) < 4.78 is 5.83. The third-order valence-electron chi connectivity index (χ3n) is 3.99. The highest BCUT2D eigenvalue weighted by atomic mass is 16.4. The Bertz CT molecular complexity index is 572. The normalized spacial score (nSPS) is 19.7. The van der Waals surface area contributed by atoms with Crippen LogP contribution in [0.25, 0.3) is 11.0 Å².